The van der Waals surface area contributed by atoms with Gasteiger partial charge in [-0.25, -0.2) is 0 Å². The van der Waals surface area contributed by atoms with Gasteiger partial charge in [-0.15, -0.1) is 0 Å². The number of fused-ring (bicyclic) bond motifs is 1. The molecule has 2 rings (SSSR count). The van der Waals surface area contributed by atoms with Crippen molar-refractivity contribution in [3.8, 4) is 5.75 Å². The van der Waals surface area contributed by atoms with Gasteiger partial charge in [0.2, 0.25) is 0 Å². The van der Waals surface area contributed by atoms with E-state index in [9.17, 15) is 4.79 Å². The highest BCUT2D eigenvalue weighted by molar-refractivity contribution is 5.81. The predicted octanol–water partition coefficient (Wildman–Crippen LogP) is 2.89. The van der Waals surface area contributed by atoms with Gasteiger partial charge in [0, 0.05) is 0 Å². The number of rotatable bonds is 1. The molecule has 0 N–H and O–H groups in total. The molecular formula is C14H18O2. The molecule has 0 bridgehead atoms. The Morgan fingerprint density at radius 2 is 2.00 bits per heavy atom. The largest absolute Gasteiger partial charge is 0.482 e. The summed E-state index contributed by atoms with van der Waals surface area (Å²) in [5, 5.41) is 0. The lowest BCUT2D eigenvalue weighted by Gasteiger charge is -2.27. The zero-order valence-electron chi connectivity index (χ0n) is 10.4. The van der Waals surface area contributed by atoms with E-state index in [-0.39, 0.29) is 11.9 Å². The summed E-state index contributed by atoms with van der Waals surface area (Å²) >= 11 is 0. The summed E-state index contributed by atoms with van der Waals surface area (Å²) in [7, 11) is 0. The van der Waals surface area contributed by atoms with Crippen LogP contribution in [0, 0.1) is 20.8 Å². The quantitative estimate of drug-likeness (QED) is 0.724. The van der Waals surface area contributed by atoms with Crippen LogP contribution in [0.25, 0.3) is 0 Å². The van der Waals surface area contributed by atoms with Gasteiger partial charge in [-0.05, 0) is 62.8 Å². The Bertz CT molecular complexity index is 447. The van der Waals surface area contributed by atoms with E-state index in [1.165, 1.54) is 22.3 Å². The van der Waals surface area contributed by atoms with Crippen LogP contribution >= 0.6 is 0 Å². The molecule has 2 heteroatoms. The molecule has 0 fully saturated rings. The molecule has 0 aliphatic carbocycles. The van der Waals surface area contributed by atoms with E-state index in [2.05, 4.69) is 26.8 Å². The number of benzene rings is 1. The van der Waals surface area contributed by atoms with E-state index in [1.54, 1.807) is 6.92 Å². The van der Waals surface area contributed by atoms with Crippen LogP contribution in [-0.4, -0.2) is 11.9 Å². The molecule has 0 saturated heterocycles. The van der Waals surface area contributed by atoms with E-state index >= 15 is 0 Å². The van der Waals surface area contributed by atoms with Crippen molar-refractivity contribution in [3.05, 3.63) is 28.3 Å². The van der Waals surface area contributed by atoms with Gasteiger partial charge in [-0.2, -0.15) is 0 Å². The van der Waals surface area contributed by atoms with Gasteiger partial charge in [0.25, 0.3) is 0 Å². The summed E-state index contributed by atoms with van der Waals surface area (Å²) in [4.78, 5) is 11.4. The molecule has 0 amide bonds. The first-order valence-electron chi connectivity index (χ1n) is 5.77. The summed E-state index contributed by atoms with van der Waals surface area (Å²) in [5.74, 6) is 1.08. The summed E-state index contributed by atoms with van der Waals surface area (Å²) in [6.45, 7) is 7.87. The molecule has 0 spiro atoms. The highest BCUT2D eigenvalue weighted by Gasteiger charge is 2.26. The average molecular weight is 218 g/mol. The van der Waals surface area contributed by atoms with Crippen LogP contribution in [0.1, 0.15) is 35.6 Å². The Morgan fingerprint density at radius 3 is 2.62 bits per heavy atom. The number of Topliss-reactive ketones (excluding diaryl/α,β-unsaturated/α-hetero) is 1. The third-order valence-corrected chi connectivity index (χ3v) is 3.49. The van der Waals surface area contributed by atoms with Crippen molar-refractivity contribution < 1.29 is 9.53 Å². The zero-order valence-corrected chi connectivity index (χ0v) is 10.4. The maximum Gasteiger partial charge on any atom is 0.170 e. The second-order valence-electron chi connectivity index (χ2n) is 4.70. The van der Waals surface area contributed by atoms with Crippen LogP contribution in [0.15, 0.2) is 6.07 Å². The van der Waals surface area contributed by atoms with Crippen LogP contribution in [0.3, 0.4) is 0 Å². The van der Waals surface area contributed by atoms with E-state index in [0.29, 0.717) is 0 Å². The minimum Gasteiger partial charge on any atom is -0.482 e. The maximum atomic E-state index is 11.4. The number of hydrogen-bond donors (Lipinski definition) is 0. The summed E-state index contributed by atoms with van der Waals surface area (Å²) in [5.41, 5.74) is 4.97. The minimum absolute atomic E-state index is 0.129. The van der Waals surface area contributed by atoms with Crippen LogP contribution in [0.4, 0.5) is 0 Å². The smallest absolute Gasteiger partial charge is 0.170 e. The molecule has 16 heavy (non-hydrogen) atoms. The van der Waals surface area contributed by atoms with Crippen molar-refractivity contribution in [3.63, 3.8) is 0 Å². The second-order valence-corrected chi connectivity index (χ2v) is 4.70. The second kappa shape index (κ2) is 3.93. The summed E-state index contributed by atoms with van der Waals surface area (Å²) < 4.78 is 5.84. The highest BCUT2D eigenvalue weighted by Crippen LogP contribution is 2.35. The van der Waals surface area contributed by atoms with Crippen LogP contribution in [0.2, 0.25) is 0 Å². The highest BCUT2D eigenvalue weighted by atomic mass is 16.5. The third-order valence-electron chi connectivity index (χ3n) is 3.49. The molecule has 0 saturated carbocycles. The first-order chi connectivity index (χ1) is 7.50. The molecule has 1 aromatic carbocycles. The van der Waals surface area contributed by atoms with E-state index in [0.717, 1.165) is 18.6 Å². The van der Waals surface area contributed by atoms with Gasteiger partial charge in [0.1, 0.15) is 5.75 Å². The Balaban J connectivity index is 2.48. The first-order valence-corrected chi connectivity index (χ1v) is 5.77. The topological polar surface area (TPSA) is 26.3 Å². The molecule has 1 aromatic rings. The van der Waals surface area contributed by atoms with Crippen LogP contribution in [0.5, 0.6) is 5.75 Å². The molecule has 0 aromatic heterocycles. The van der Waals surface area contributed by atoms with Gasteiger partial charge in [-0.3, -0.25) is 4.79 Å². The van der Waals surface area contributed by atoms with Crippen molar-refractivity contribution in [2.45, 2.75) is 46.6 Å². The minimum atomic E-state index is -0.243. The fourth-order valence-corrected chi connectivity index (χ4v) is 2.34. The molecule has 2 nitrogen and oxygen atoms in total. The van der Waals surface area contributed by atoms with Gasteiger partial charge in [0.05, 0.1) is 0 Å². The molecule has 0 radical (unpaired) electrons. The number of carbonyl (C=O) groups excluding carboxylic acids is 1. The normalized spacial score (nSPS) is 18.9. The standard InChI is InChI=1S/C14H18O2/c1-8-7-9(2)12-5-6-13(11(4)15)16-14(12)10(8)3/h7,13H,5-6H2,1-4H3/t13-/m0/s1. The molecule has 1 heterocycles. The van der Waals surface area contributed by atoms with Crippen molar-refractivity contribution in [2.24, 2.45) is 0 Å². The maximum absolute atomic E-state index is 11.4. The molecule has 1 aliphatic heterocycles. The Labute approximate surface area is 96.6 Å². The van der Waals surface area contributed by atoms with Gasteiger partial charge >= 0.3 is 0 Å². The Morgan fingerprint density at radius 1 is 1.31 bits per heavy atom. The number of ketones is 1. The van der Waals surface area contributed by atoms with Gasteiger partial charge < -0.3 is 4.74 Å². The van der Waals surface area contributed by atoms with Crippen LogP contribution in [-0.2, 0) is 11.2 Å². The number of carbonyl (C=O) groups is 1. The molecular weight excluding hydrogens is 200 g/mol. The summed E-state index contributed by atoms with van der Waals surface area (Å²) in [6.07, 6.45) is 1.52. The number of aryl methyl sites for hydroxylation is 2. The lowest BCUT2D eigenvalue weighted by molar-refractivity contribution is -0.124. The SMILES string of the molecule is CC(=O)[C@@H]1CCc2c(C)cc(C)c(C)c2O1. The van der Waals surface area contributed by atoms with E-state index < -0.39 is 0 Å². The molecule has 86 valence electrons. The number of hydrogen-bond acceptors (Lipinski definition) is 2. The van der Waals surface area contributed by atoms with Gasteiger partial charge in [-0.1, -0.05) is 6.07 Å². The number of ether oxygens (including phenoxy) is 1. The van der Waals surface area contributed by atoms with E-state index in [4.69, 9.17) is 4.74 Å². The monoisotopic (exact) mass is 218 g/mol. The van der Waals surface area contributed by atoms with E-state index in [1.807, 2.05) is 0 Å². The molecule has 1 atom stereocenters. The average Bonchev–Trinajstić information content (AvgIpc) is 2.25. The van der Waals surface area contributed by atoms with Crippen molar-refractivity contribution in [2.75, 3.05) is 0 Å². The fraction of sp³-hybridized carbons (Fsp3) is 0.500. The van der Waals surface area contributed by atoms with Gasteiger partial charge in [0.15, 0.2) is 11.9 Å². The summed E-state index contributed by atoms with van der Waals surface area (Å²) in [6, 6.07) is 2.20. The van der Waals surface area contributed by atoms with Crippen LogP contribution < -0.4 is 4.74 Å². The first kappa shape index (κ1) is 11.2. The zero-order chi connectivity index (χ0) is 11.9. The van der Waals surface area contributed by atoms with Crippen molar-refractivity contribution in [1.82, 2.24) is 0 Å². The third kappa shape index (κ3) is 1.73. The van der Waals surface area contributed by atoms with Crippen molar-refractivity contribution >= 4 is 5.78 Å². The molecule has 1 aliphatic rings. The Hall–Kier alpha value is -1.31. The Kier molecular flexibility index (Phi) is 2.75. The predicted molar refractivity (Wildman–Crippen MR) is 64.1 cm³/mol. The van der Waals surface area contributed by atoms with Crippen molar-refractivity contribution in [1.29, 1.82) is 0 Å². The fourth-order valence-electron chi connectivity index (χ4n) is 2.34. The lowest BCUT2D eigenvalue weighted by atomic mass is 9.92. The molecule has 0 unspecified atom stereocenters. The lowest BCUT2D eigenvalue weighted by Crippen LogP contribution is -2.30.